The van der Waals surface area contributed by atoms with Gasteiger partial charge in [-0.25, -0.2) is 0 Å². The number of nitrogens with one attached hydrogen (secondary N) is 1. The molecule has 21 heavy (non-hydrogen) atoms. The lowest BCUT2D eigenvalue weighted by molar-refractivity contribution is 0.306. The molecule has 1 fully saturated rings. The largest absolute Gasteiger partial charge is 0.469 e. The van der Waals surface area contributed by atoms with Gasteiger partial charge in [0.25, 0.3) is 0 Å². The summed E-state index contributed by atoms with van der Waals surface area (Å²) in [5, 5.41) is 7.73. The van der Waals surface area contributed by atoms with Crippen LogP contribution in [0.1, 0.15) is 56.6 Å². The minimum Gasteiger partial charge on any atom is -0.469 e. The molecule has 114 valence electrons. The Labute approximate surface area is 125 Å². The highest BCUT2D eigenvalue weighted by molar-refractivity contribution is 5.56. The molecule has 0 bridgehead atoms. The third-order valence-electron chi connectivity index (χ3n) is 4.34. The summed E-state index contributed by atoms with van der Waals surface area (Å²) in [5.41, 5.74) is 0.915. The monoisotopic (exact) mass is 289 g/mol. The van der Waals surface area contributed by atoms with Crippen molar-refractivity contribution >= 4 is 0 Å². The highest BCUT2D eigenvalue weighted by Gasteiger charge is 2.29. The highest BCUT2D eigenvalue weighted by atomic mass is 16.5. The first-order valence-electron chi connectivity index (χ1n) is 7.91. The zero-order valence-corrected chi connectivity index (χ0v) is 12.8. The molecule has 2 atom stereocenters. The van der Waals surface area contributed by atoms with Gasteiger partial charge in [0.2, 0.25) is 11.7 Å². The molecule has 0 radical (unpaired) electrons. The molecule has 0 aromatic carbocycles. The molecular weight excluding hydrogens is 266 g/mol. The van der Waals surface area contributed by atoms with E-state index in [-0.39, 0.29) is 0 Å². The maximum absolute atomic E-state index is 5.57. The molecule has 0 saturated heterocycles. The Morgan fingerprint density at radius 3 is 2.90 bits per heavy atom. The van der Waals surface area contributed by atoms with Crippen LogP contribution in [0, 0.1) is 6.92 Å². The molecule has 2 heterocycles. The van der Waals surface area contributed by atoms with Crippen LogP contribution < -0.4 is 5.32 Å². The number of furan rings is 1. The smallest absolute Gasteiger partial charge is 0.231 e. The molecule has 1 aliphatic carbocycles. The van der Waals surface area contributed by atoms with Crippen LogP contribution >= 0.6 is 0 Å². The van der Waals surface area contributed by atoms with E-state index >= 15 is 0 Å². The molecule has 5 heteroatoms. The Hall–Kier alpha value is -1.62. The first kappa shape index (κ1) is 14.3. The van der Waals surface area contributed by atoms with Crippen LogP contribution in [0.15, 0.2) is 21.3 Å². The normalized spacial score (nSPS) is 23.1. The van der Waals surface area contributed by atoms with Crippen LogP contribution in [-0.2, 0) is 0 Å². The Morgan fingerprint density at radius 2 is 2.14 bits per heavy atom. The van der Waals surface area contributed by atoms with Crippen LogP contribution in [0.3, 0.4) is 0 Å². The lowest BCUT2D eigenvalue weighted by atomic mass is 9.94. The molecule has 1 aliphatic rings. The van der Waals surface area contributed by atoms with Gasteiger partial charge < -0.3 is 14.3 Å². The van der Waals surface area contributed by atoms with Crippen molar-refractivity contribution in [3.05, 3.63) is 24.0 Å². The molecule has 2 unspecified atom stereocenters. The summed E-state index contributed by atoms with van der Waals surface area (Å²) in [7, 11) is 0. The summed E-state index contributed by atoms with van der Waals surface area (Å²) in [6.07, 6.45) is 7.75. The van der Waals surface area contributed by atoms with E-state index in [1.165, 1.54) is 25.7 Å². The molecular formula is C16H23N3O2. The van der Waals surface area contributed by atoms with Gasteiger partial charge in [0.1, 0.15) is 5.76 Å². The van der Waals surface area contributed by atoms with Gasteiger partial charge in [-0.3, -0.25) is 0 Å². The number of aryl methyl sites for hydroxylation is 1. The van der Waals surface area contributed by atoms with E-state index in [2.05, 4.69) is 22.4 Å². The summed E-state index contributed by atoms with van der Waals surface area (Å²) in [6.45, 7) is 5.04. The second-order valence-corrected chi connectivity index (χ2v) is 5.76. The van der Waals surface area contributed by atoms with Crippen molar-refractivity contribution < 1.29 is 8.94 Å². The van der Waals surface area contributed by atoms with Crippen molar-refractivity contribution in [2.75, 3.05) is 6.54 Å². The number of hydrogen-bond acceptors (Lipinski definition) is 5. The maximum Gasteiger partial charge on any atom is 0.231 e. The second kappa shape index (κ2) is 6.43. The summed E-state index contributed by atoms with van der Waals surface area (Å²) < 4.78 is 10.9. The minimum absolute atomic E-state index is 0.320. The first-order chi connectivity index (χ1) is 10.3. The molecule has 1 saturated carbocycles. The van der Waals surface area contributed by atoms with Gasteiger partial charge in [-0.2, -0.15) is 4.98 Å². The van der Waals surface area contributed by atoms with Gasteiger partial charge in [-0.15, -0.1) is 0 Å². The fraction of sp³-hybridized carbons (Fsp3) is 0.625. The number of nitrogens with zero attached hydrogens (tertiary/aromatic N) is 2. The van der Waals surface area contributed by atoms with Gasteiger partial charge in [0.15, 0.2) is 0 Å². The summed E-state index contributed by atoms with van der Waals surface area (Å²) >= 11 is 0. The van der Waals surface area contributed by atoms with Crippen LogP contribution in [-0.4, -0.2) is 22.7 Å². The van der Waals surface area contributed by atoms with E-state index < -0.39 is 0 Å². The van der Waals surface area contributed by atoms with E-state index in [0.717, 1.165) is 30.2 Å². The van der Waals surface area contributed by atoms with E-state index in [1.54, 1.807) is 6.26 Å². The van der Waals surface area contributed by atoms with Crippen molar-refractivity contribution in [1.82, 2.24) is 15.5 Å². The molecule has 0 amide bonds. The fourth-order valence-electron chi connectivity index (χ4n) is 3.22. The summed E-state index contributed by atoms with van der Waals surface area (Å²) in [6, 6.07) is 2.33. The number of rotatable bonds is 4. The molecule has 0 spiro atoms. The van der Waals surface area contributed by atoms with Crippen molar-refractivity contribution in [1.29, 1.82) is 0 Å². The predicted octanol–water partition coefficient (Wildman–Crippen LogP) is 3.66. The van der Waals surface area contributed by atoms with Crippen LogP contribution in [0.5, 0.6) is 0 Å². The maximum atomic E-state index is 5.57. The van der Waals surface area contributed by atoms with E-state index in [4.69, 9.17) is 8.94 Å². The number of hydrogen-bond donors (Lipinski definition) is 1. The van der Waals surface area contributed by atoms with Crippen LogP contribution in [0.2, 0.25) is 0 Å². The van der Waals surface area contributed by atoms with Gasteiger partial charge in [-0.1, -0.05) is 31.3 Å². The zero-order valence-electron chi connectivity index (χ0n) is 12.8. The predicted molar refractivity (Wildman–Crippen MR) is 80.0 cm³/mol. The van der Waals surface area contributed by atoms with Crippen LogP contribution in [0.25, 0.3) is 11.4 Å². The van der Waals surface area contributed by atoms with Gasteiger partial charge in [0.05, 0.1) is 17.7 Å². The second-order valence-electron chi connectivity index (χ2n) is 5.76. The van der Waals surface area contributed by atoms with Gasteiger partial charge in [-0.05, 0) is 32.4 Å². The van der Waals surface area contributed by atoms with Gasteiger partial charge in [0, 0.05) is 6.04 Å². The molecule has 0 aliphatic heterocycles. The van der Waals surface area contributed by atoms with Crippen molar-refractivity contribution in [2.24, 2.45) is 0 Å². The van der Waals surface area contributed by atoms with Gasteiger partial charge >= 0.3 is 0 Å². The average Bonchev–Trinajstić information content (AvgIpc) is 3.05. The Morgan fingerprint density at radius 1 is 1.29 bits per heavy atom. The molecule has 3 rings (SSSR count). The summed E-state index contributed by atoms with van der Waals surface area (Å²) in [4.78, 5) is 4.63. The van der Waals surface area contributed by atoms with Crippen LogP contribution in [0.4, 0.5) is 0 Å². The molecule has 2 aromatic rings. The fourth-order valence-corrected chi connectivity index (χ4v) is 3.22. The summed E-state index contributed by atoms with van der Waals surface area (Å²) in [5.74, 6) is 2.54. The van der Waals surface area contributed by atoms with Crippen molar-refractivity contribution in [2.45, 2.75) is 57.9 Å². The Bertz CT molecular complexity index is 576. The number of aromatic nitrogens is 2. The van der Waals surface area contributed by atoms with Crippen molar-refractivity contribution in [3.63, 3.8) is 0 Å². The Balaban J connectivity index is 1.84. The molecule has 2 aromatic heterocycles. The molecule has 5 nitrogen and oxygen atoms in total. The standard InChI is InChI=1S/C16H23N3O2/c1-3-17-14-8-6-4-5-7-13(14)16-18-15(19-21-16)12-9-10-20-11(12)2/h9-10,13-14,17H,3-8H2,1-2H3. The first-order valence-corrected chi connectivity index (χ1v) is 7.91. The lowest BCUT2D eigenvalue weighted by Gasteiger charge is -2.22. The Kier molecular flexibility index (Phi) is 4.39. The SMILES string of the molecule is CCNC1CCCCCC1c1nc(-c2ccoc2C)no1. The average molecular weight is 289 g/mol. The quantitative estimate of drug-likeness (QED) is 0.870. The number of likely N-dealkylation sites (N-methyl/N-ethyl adjacent to an activating group) is 1. The molecule has 1 N–H and O–H groups in total. The minimum atomic E-state index is 0.320. The van der Waals surface area contributed by atoms with E-state index in [9.17, 15) is 0 Å². The highest BCUT2D eigenvalue weighted by Crippen LogP contribution is 2.32. The van der Waals surface area contributed by atoms with Crippen molar-refractivity contribution in [3.8, 4) is 11.4 Å². The topological polar surface area (TPSA) is 64.1 Å². The van der Waals surface area contributed by atoms with E-state index in [1.807, 2.05) is 13.0 Å². The lowest BCUT2D eigenvalue weighted by Crippen LogP contribution is -2.34. The zero-order chi connectivity index (χ0) is 14.7. The third-order valence-corrected chi connectivity index (χ3v) is 4.34. The third kappa shape index (κ3) is 3.02. The van der Waals surface area contributed by atoms with E-state index in [0.29, 0.717) is 17.8 Å².